The van der Waals surface area contributed by atoms with E-state index >= 15 is 0 Å². The Bertz CT molecular complexity index is 124. The van der Waals surface area contributed by atoms with Crippen LogP contribution >= 0.6 is 23.4 Å². The second kappa shape index (κ2) is 5.36. The first-order valence-electron chi connectivity index (χ1n) is 4.46. The molecule has 3 heteroatoms. The zero-order valence-electron chi connectivity index (χ0n) is 7.64. The lowest BCUT2D eigenvalue weighted by Crippen LogP contribution is -2.31. The molecule has 0 N–H and O–H groups in total. The van der Waals surface area contributed by atoms with Gasteiger partial charge in [0.25, 0.3) is 0 Å². The van der Waals surface area contributed by atoms with Gasteiger partial charge in [0.2, 0.25) is 0 Å². The molecule has 0 atom stereocenters. The van der Waals surface area contributed by atoms with Crippen LogP contribution in [0.1, 0.15) is 19.3 Å². The predicted octanol–water partition coefficient (Wildman–Crippen LogP) is 2.78. The fraction of sp³-hybridized carbons (Fsp3) is 1.00. The van der Waals surface area contributed by atoms with E-state index in [0.717, 1.165) is 31.9 Å². The third kappa shape index (κ3) is 2.82. The van der Waals surface area contributed by atoms with Crippen molar-refractivity contribution in [1.82, 2.24) is 0 Å². The molecule has 0 saturated carbocycles. The molecule has 1 saturated heterocycles. The van der Waals surface area contributed by atoms with E-state index in [0.29, 0.717) is 5.41 Å². The largest absolute Gasteiger partial charge is 0.381 e. The number of rotatable bonds is 4. The molecule has 0 amide bonds. The Morgan fingerprint density at radius 3 is 2.58 bits per heavy atom. The van der Waals surface area contributed by atoms with Crippen molar-refractivity contribution in [3.05, 3.63) is 0 Å². The van der Waals surface area contributed by atoms with Crippen LogP contribution < -0.4 is 0 Å². The first-order valence-corrected chi connectivity index (χ1v) is 6.38. The molecule has 0 aliphatic carbocycles. The van der Waals surface area contributed by atoms with Crippen molar-refractivity contribution in [2.24, 2.45) is 5.41 Å². The van der Waals surface area contributed by atoms with Crippen LogP contribution in [0.25, 0.3) is 0 Å². The van der Waals surface area contributed by atoms with E-state index in [-0.39, 0.29) is 0 Å². The molecule has 0 unspecified atom stereocenters. The summed E-state index contributed by atoms with van der Waals surface area (Å²) >= 11 is 7.92. The average molecular weight is 209 g/mol. The Morgan fingerprint density at radius 1 is 1.42 bits per heavy atom. The SMILES string of the molecule is CSCCC1(CCl)CCOCC1. The van der Waals surface area contributed by atoms with Gasteiger partial charge in [-0.2, -0.15) is 11.8 Å². The standard InChI is InChI=1S/C9H17ClOS/c1-12-7-4-9(8-10)2-5-11-6-3-9/h2-8H2,1H3. The molecule has 1 aliphatic rings. The molecular formula is C9H17ClOS. The molecule has 12 heavy (non-hydrogen) atoms. The summed E-state index contributed by atoms with van der Waals surface area (Å²) in [6, 6.07) is 0. The second-order valence-corrected chi connectivity index (χ2v) is 4.74. The predicted molar refractivity (Wildman–Crippen MR) is 56.2 cm³/mol. The van der Waals surface area contributed by atoms with Crippen LogP contribution in [0.4, 0.5) is 0 Å². The van der Waals surface area contributed by atoms with Crippen molar-refractivity contribution in [3.8, 4) is 0 Å². The highest BCUT2D eigenvalue weighted by atomic mass is 35.5. The lowest BCUT2D eigenvalue weighted by atomic mass is 9.80. The number of alkyl halides is 1. The number of thioether (sulfide) groups is 1. The summed E-state index contributed by atoms with van der Waals surface area (Å²) in [4.78, 5) is 0. The number of hydrogen-bond acceptors (Lipinski definition) is 2. The number of halogens is 1. The summed E-state index contributed by atoms with van der Waals surface area (Å²) in [5.74, 6) is 2.03. The molecule has 0 aromatic carbocycles. The molecule has 1 aliphatic heterocycles. The van der Waals surface area contributed by atoms with Crippen LogP contribution in [-0.4, -0.2) is 31.1 Å². The van der Waals surface area contributed by atoms with E-state index in [1.54, 1.807) is 0 Å². The van der Waals surface area contributed by atoms with E-state index < -0.39 is 0 Å². The van der Waals surface area contributed by atoms with Crippen molar-refractivity contribution < 1.29 is 4.74 Å². The lowest BCUT2D eigenvalue weighted by Gasteiger charge is -2.35. The first-order chi connectivity index (χ1) is 5.83. The van der Waals surface area contributed by atoms with E-state index in [9.17, 15) is 0 Å². The van der Waals surface area contributed by atoms with Gasteiger partial charge in [0.05, 0.1) is 0 Å². The molecule has 1 heterocycles. The minimum absolute atomic E-state index is 0.392. The van der Waals surface area contributed by atoms with Crippen LogP contribution in [0.5, 0.6) is 0 Å². The molecule has 0 aromatic heterocycles. The van der Waals surface area contributed by atoms with Crippen LogP contribution in [0.3, 0.4) is 0 Å². The van der Waals surface area contributed by atoms with Gasteiger partial charge in [-0.15, -0.1) is 11.6 Å². The smallest absolute Gasteiger partial charge is 0.0471 e. The molecule has 1 nitrogen and oxygen atoms in total. The summed E-state index contributed by atoms with van der Waals surface area (Å²) in [7, 11) is 0. The zero-order chi connectivity index (χ0) is 8.86. The van der Waals surface area contributed by atoms with Gasteiger partial charge in [0.15, 0.2) is 0 Å². The zero-order valence-corrected chi connectivity index (χ0v) is 9.22. The Kier molecular flexibility index (Phi) is 4.77. The normalized spacial score (nSPS) is 22.5. The van der Waals surface area contributed by atoms with Crippen molar-refractivity contribution >= 4 is 23.4 Å². The summed E-state index contributed by atoms with van der Waals surface area (Å²) in [6.45, 7) is 1.81. The van der Waals surface area contributed by atoms with Gasteiger partial charge < -0.3 is 4.74 Å². The third-order valence-corrected chi connectivity index (χ3v) is 3.85. The quantitative estimate of drug-likeness (QED) is 0.658. The monoisotopic (exact) mass is 208 g/mol. The van der Waals surface area contributed by atoms with E-state index in [2.05, 4.69) is 6.26 Å². The molecule has 0 radical (unpaired) electrons. The summed E-state index contributed by atoms with van der Waals surface area (Å²) in [6.07, 6.45) is 5.70. The van der Waals surface area contributed by atoms with Gasteiger partial charge >= 0.3 is 0 Å². The molecule has 1 fully saturated rings. The molecule has 0 aromatic rings. The molecule has 0 spiro atoms. The summed E-state index contributed by atoms with van der Waals surface area (Å²) < 4.78 is 5.34. The summed E-state index contributed by atoms with van der Waals surface area (Å²) in [5.41, 5.74) is 0.392. The average Bonchev–Trinajstić information content (AvgIpc) is 2.16. The van der Waals surface area contributed by atoms with Gasteiger partial charge in [-0.05, 0) is 36.7 Å². The van der Waals surface area contributed by atoms with Crippen LogP contribution in [-0.2, 0) is 4.74 Å². The van der Waals surface area contributed by atoms with Crippen LogP contribution in [0.2, 0.25) is 0 Å². The molecular weight excluding hydrogens is 192 g/mol. The highest BCUT2D eigenvalue weighted by Crippen LogP contribution is 2.36. The third-order valence-electron chi connectivity index (χ3n) is 2.67. The maximum absolute atomic E-state index is 6.01. The minimum Gasteiger partial charge on any atom is -0.381 e. The van der Waals surface area contributed by atoms with Crippen LogP contribution in [0.15, 0.2) is 0 Å². The van der Waals surface area contributed by atoms with Gasteiger partial charge in [-0.1, -0.05) is 0 Å². The Morgan fingerprint density at radius 2 is 2.08 bits per heavy atom. The summed E-state index contributed by atoms with van der Waals surface area (Å²) in [5, 5.41) is 0. The fourth-order valence-corrected chi connectivity index (χ4v) is 2.61. The molecule has 1 rings (SSSR count). The van der Waals surface area contributed by atoms with Crippen molar-refractivity contribution in [1.29, 1.82) is 0 Å². The van der Waals surface area contributed by atoms with Crippen LogP contribution in [0, 0.1) is 5.41 Å². The van der Waals surface area contributed by atoms with Crippen molar-refractivity contribution in [2.45, 2.75) is 19.3 Å². The van der Waals surface area contributed by atoms with Gasteiger partial charge in [-0.3, -0.25) is 0 Å². The van der Waals surface area contributed by atoms with Crippen molar-refractivity contribution in [3.63, 3.8) is 0 Å². The highest BCUT2D eigenvalue weighted by molar-refractivity contribution is 7.98. The molecule has 0 bridgehead atoms. The maximum atomic E-state index is 6.01. The number of hydrogen-bond donors (Lipinski definition) is 0. The maximum Gasteiger partial charge on any atom is 0.0471 e. The number of ether oxygens (including phenoxy) is 1. The Balaban J connectivity index is 2.37. The van der Waals surface area contributed by atoms with Crippen molar-refractivity contribution in [2.75, 3.05) is 31.1 Å². The highest BCUT2D eigenvalue weighted by Gasteiger charge is 2.30. The second-order valence-electron chi connectivity index (χ2n) is 3.49. The lowest BCUT2D eigenvalue weighted by molar-refractivity contribution is 0.0244. The Hall–Kier alpha value is 0.600. The van der Waals surface area contributed by atoms with Gasteiger partial charge in [0, 0.05) is 19.1 Å². The van der Waals surface area contributed by atoms with E-state index in [1.165, 1.54) is 12.2 Å². The Labute approximate surface area is 84.2 Å². The first kappa shape index (κ1) is 10.7. The fourth-order valence-electron chi connectivity index (χ4n) is 1.57. The van der Waals surface area contributed by atoms with E-state index in [1.807, 2.05) is 11.8 Å². The van der Waals surface area contributed by atoms with Gasteiger partial charge in [0.1, 0.15) is 0 Å². The van der Waals surface area contributed by atoms with Gasteiger partial charge in [-0.25, -0.2) is 0 Å². The molecule has 72 valence electrons. The van der Waals surface area contributed by atoms with E-state index in [4.69, 9.17) is 16.3 Å². The topological polar surface area (TPSA) is 9.23 Å². The minimum atomic E-state index is 0.392.